The van der Waals surface area contributed by atoms with Crippen molar-refractivity contribution in [3.05, 3.63) is 29.0 Å². The smallest absolute Gasteiger partial charge is 0.129 e. The van der Waals surface area contributed by atoms with E-state index >= 15 is 0 Å². The maximum atomic E-state index is 5.99. The van der Waals surface area contributed by atoms with E-state index in [-0.39, 0.29) is 0 Å². The SMILES string of the molecule is CC(C)CCN(Cc1ccnc(Cl)c1)C1CCCC1. The third-order valence-corrected chi connectivity index (χ3v) is 4.22. The first-order chi connectivity index (χ1) is 9.15. The Morgan fingerprint density at radius 2 is 2.11 bits per heavy atom. The molecule has 0 aromatic carbocycles. The van der Waals surface area contributed by atoms with Gasteiger partial charge in [0.1, 0.15) is 5.15 Å². The summed E-state index contributed by atoms with van der Waals surface area (Å²) >= 11 is 5.99. The minimum atomic E-state index is 0.604. The van der Waals surface area contributed by atoms with Crippen LogP contribution in [0.5, 0.6) is 0 Å². The number of hydrogen-bond acceptors (Lipinski definition) is 2. The second kappa shape index (κ2) is 7.25. The highest BCUT2D eigenvalue weighted by atomic mass is 35.5. The van der Waals surface area contributed by atoms with Crippen LogP contribution in [0.1, 0.15) is 51.5 Å². The molecule has 1 aromatic rings. The van der Waals surface area contributed by atoms with Crippen LogP contribution in [0, 0.1) is 5.92 Å². The van der Waals surface area contributed by atoms with Gasteiger partial charge in [-0.05, 0) is 49.4 Å². The molecule has 1 saturated carbocycles. The molecular formula is C16H25ClN2. The normalized spacial score (nSPS) is 16.7. The van der Waals surface area contributed by atoms with Gasteiger partial charge in [-0.3, -0.25) is 4.90 Å². The second-order valence-electron chi connectivity index (χ2n) is 6.08. The summed E-state index contributed by atoms with van der Waals surface area (Å²) in [6, 6.07) is 4.85. The van der Waals surface area contributed by atoms with Gasteiger partial charge in [0.05, 0.1) is 0 Å². The van der Waals surface area contributed by atoms with Crippen molar-refractivity contribution in [2.45, 2.75) is 58.5 Å². The van der Waals surface area contributed by atoms with Gasteiger partial charge in [0.25, 0.3) is 0 Å². The Hall–Kier alpha value is -0.600. The van der Waals surface area contributed by atoms with Crippen molar-refractivity contribution in [1.29, 1.82) is 0 Å². The number of aromatic nitrogens is 1. The maximum absolute atomic E-state index is 5.99. The first-order valence-electron chi connectivity index (χ1n) is 7.49. The minimum absolute atomic E-state index is 0.604. The molecule has 0 aliphatic heterocycles. The van der Waals surface area contributed by atoms with E-state index in [0.717, 1.165) is 18.5 Å². The summed E-state index contributed by atoms with van der Waals surface area (Å²) in [5.41, 5.74) is 1.29. The molecule has 1 heterocycles. The molecular weight excluding hydrogens is 256 g/mol. The molecule has 3 heteroatoms. The lowest BCUT2D eigenvalue weighted by Crippen LogP contribution is -2.34. The Labute approximate surface area is 122 Å². The Bertz CT molecular complexity index is 386. The molecule has 0 atom stereocenters. The molecule has 1 aromatic heterocycles. The number of nitrogens with zero attached hydrogens (tertiary/aromatic N) is 2. The first-order valence-corrected chi connectivity index (χ1v) is 7.87. The van der Waals surface area contributed by atoms with E-state index in [2.05, 4.69) is 29.8 Å². The third kappa shape index (κ3) is 4.77. The molecule has 0 bridgehead atoms. The lowest BCUT2D eigenvalue weighted by molar-refractivity contribution is 0.179. The van der Waals surface area contributed by atoms with Gasteiger partial charge in [-0.25, -0.2) is 4.98 Å². The van der Waals surface area contributed by atoms with Crippen LogP contribution in [0.15, 0.2) is 18.3 Å². The van der Waals surface area contributed by atoms with Crippen LogP contribution in [0.4, 0.5) is 0 Å². The Morgan fingerprint density at radius 1 is 1.37 bits per heavy atom. The number of hydrogen-bond donors (Lipinski definition) is 0. The van der Waals surface area contributed by atoms with Crippen molar-refractivity contribution in [1.82, 2.24) is 9.88 Å². The Morgan fingerprint density at radius 3 is 2.74 bits per heavy atom. The minimum Gasteiger partial charge on any atom is -0.296 e. The summed E-state index contributed by atoms with van der Waals surface area (Å²) in [5.74, 6) is 0.768. The van der Waals surface area contributed by atoms with Crippen LogP contribution in [-0.4, -0.2) is 22.5 Å². The summed E-state index contributed by atoms with van der Waals surface area (Å²) < 4.78 is 0. The quantitative estimate of drug-likeness (QED) is 0.712. The molecule has 19 heavy (non-hydrogen) atoms. The van der Waals surface area contributed by atoms with E-state index < -0.39 is 0 Å². The fourth-order valence-electron chi connectivity index (χ4n) is 2.86. The van der Waals surface area contributed by atoms with Crippen LogP contribution >= 0.6 is 11.6 Å². The lowest BCUT2D eigenvalue weighted by atomic mass is 10.1. The van der Waals surface area contributed by atoms with Gasteiger partial charge in [0, 0.05) is 18.8 Å². The van der Waals surface area contributed by atoms with Crippen molar-refractivity contribution < 1.29 is 0 Å². The van der Waals surface area contributed by atoms with Crippen molar-refractivity contribution in [3.63, 3.8) is 0 Å². The predicted molar refractivity (Wildman–Crippen MR) is 81.4 cm³/mol. The van der Waals surface area contributed by atoms with Crippen molar-refractivity contribution in [2.75, 3.05) is 6.54 Å². The summed E-state index contributed by atoms with van der Waals surface area (Å²) in [6.07, 6.45) is 8.58. The van der Waals surface area contributed by atoms with Crippen molar-refractivity contribution in [2.24, 2.45) is 5.92 Å². The molecule has 1 fully saturated rings. The molecule has 0 spiro atoms. The van der Waals surface area contributed by atoms with Gasteiger partial charge in [-0.1, -0.05) is 38.3 Å². The molecule has 1 aliphatic carbocycles. The number of pyridine rings is 1. The fourth-order valence-corrected chi connectivity index (χ4v) is 3.06. The van der Waals surface area contributed by atoms with Crippen LogP contribution in [0.3, 0.4) is 0 Å². The summed E-state index contributed by atoms with van der Waals surface area (Å²) in [5, 5.41) is 0.604. The Balaban J connectivity index is 1.99. The zero-order chi connectivity index (χ0) is 13.7. The second-order valence-corrected chi connectivity index (χ2v) is 6.47. The standard InChI is InChI=1S/C16H25ClN2/c1-13(2)8-10-19(15-5-3-4-6-15)12-14-7-9-18-16(17)11-14/h7,9,11,13,15H,3-6,8,10,12H2,1-2H3. The zero-order valence-corrected chi connectivity index (χ0v) is 12.9. The van der Waals surface area contributed by atoms with Crippen LogP contribution in [0.2, 0.25) is 5.15 Å². The van der Waals surface area contributed by atoms with Gasteiger partial charge < -0.3 is 0 Å². The molecule has 2 nitrogen and oxygen atoms in total. The molecule has 1 aliphatic rings. The highest BCUT2D eigenvalue weighted by Crippen LogP contribution is 2.26. The molecule has 2 rings (SSSR count). The molecule has 0 radical (unpaired) electrons. The number of halogens is 1. The van der Waals surface area contributed by atoms with Crippen LogP contribution < -0.4 is 0 Å². The van der Waals surface area contributed by atoms with E-state index in [9.17, 15) is 0 Å². The highest BCUT2D eigenvalue weighted by molar-refractivity contribution is 6.29. The lowest BCUT2D eigenvalue weighted by Gasteiger charge is -2.29. The summed E-state index contributed by atoms with van der Waals surface area (Å²) in [7, 11) is 0. The molecule has 106 valence electrons. The fraction of sp³-hybridized carbons (Fsp3) is 0.688. The van der Waals surface area contributed by atoms with E-state index in [0.29, 0.717) is 5.15 Å². The Kier molecular flexibility index (Phi) is 5.65. The van der Waals surface area contributed by atoms with E-state index in [1.807, 2.05) is 12.3 Å². The van der Waals surface area contributed by atoms with Gasteiger partial charge in [-0.2, -0.15) is 0 Å². The van der Waals surface area contributed by atoms with Crippen LogP contribution in [-0.2, 0) is 6.54 Å². The molecule has 0 N–H and O–H groups in total. The van der Waals surface area contributed by atoms with Gasteiger partial charge >= 0.3 is 0 Å². The number of rotatable bonds is 6. The largest absolute Gasteiger partial charge is 0.296 e. The van der Waals surface area contributed by atoms with Gasteiger partial charge in [0.2, 0.25) is 0 Å². The average Bonchev–Trinajstić information content (AvgIpc) is 2.88. The van der Waals surface area contributed by atoms with E-state index in [1.54, 1.807) is 0 Å². The third-order valence-electron chi connectivity index (χ3n) is 4.01. The average molecular weight is 281 g/mol. The predicted octanol–water partition coefficient (Wildman–Crippen LogP) is 4.53. The summed E-state index contributed by atoms with van der Waals surface area (Å²) in [4.78, 5) is 6.72. The highest BCUT2D eigenvalue weighted by Gasteiger charge is 2.22. The maximum Gasteiger partial charge on any atom is 0.129 e. The van der Waals surface area contributed by atoms with Crippen molar-refractivity contribution in [3.8, 4) is 0 Å². The van der Waals surface area contributed by atoms with Crippen LogP contribution in [0.25, 0.3) is 0 Å². The van der Waals surface area contributed by atoms with Crippen molar-refractivity contribution >= 4 is 11.6 Å². The molecule has 0 saturated heterocycles. The zero-order valence-electron chi connectivity index (χ0n) is 12.1. The summed E-state index contributed by atoms with van der Waals surface area (Å²) in [6.45, 7) is 6.81. The van der Waals surface area contributed by atoms with Gasteiger partial charge in [-0.15, -0.1) is 0 Å². The van der Waals surface area contributed by atoms with E-state index in [1.165, 1.54) is 44.2 Å². The van der Waals surface area contributed by atoms with E-state index in [4.69, 9.17) is 11.6 Å². The molecule has 0 unspecified atom stereocenters. The van der Waals surface area contributed by atoms with Gasteiger partial charge in [0.15, 0.2) is 0 Å². The molecule has 0 amide bonds. The topological polar surface area (TPSA) is 16.1 Å². The monoisotopic (exact) mass is 280 g/mol. The first kappa shape index (κ1) is 14.8.